The van der Waals surface area contributed by atoms with E-state index in [0.29, 0.717) is 10.8 Å². The predicted octanol–water partition coefficient (Wildman–Crippen LogP) is 3.53. The van der Waals surface area contributed by atoms with Crippen LogP contribution in [0.15, 0.2) is 22.8 Å². The standard InChI is InChI=1S/C9H6ClFO/c1-5-7-2-6(11)3-9(10)8(7)4-12-5/h2-4H,1H3. The summed E-state index contributed by atoms with van der Waals surface area (Å²) in [6.45, 7) is 1.78. The zero-order chi connectivity index (χ0) is 8.72. The number of hydrogen-bond acceptors (Lipinski definition) is 1. The molecule has 1 heterocycles. The number of benzene rings is 1. The Morgan fingerprint density at radius 3 is 2.83 bits per heavy atom. The fourth-order valence-corrected chi connectivity index (χ4v) is 1.46. The summed E-state index contributed by atoms with van der Waals surface area (Å²) in [6, 6.07) is 2.69. The third-order valence-electron chi connectivity index (χ3n) is 1.83. The second-order valence-corrected chi connectivity index (χ2v) is 3.05. The average Bonchev–Trinajstić information content (AvgIpc) is 2.33. The van der Waals surface area contributed by atoms with E-state index in [1.165, 1.54) is 18.4 Å². The molecule has 2 rings (SSSR count). The molecule has 62 valence electrons. The molecule has 2 aromatic rings. The minimum atomic E-state index is -0.336. The van der Waals surface area contributed by atoms with Crippen molar-refractivity contribution in [3.63, 3.8) is 0 Å². The minimum absolute atomic E-state index is 0.336. The highest BCUT2D eigenvalue weighted by atomic mass is 35.5. The van der Waals surface area contributed by atoms with E-state index < -0.39 is 0 Å². The van der Waals surface area contributed by atoms with Crippen LogP contribution < -0.4 is 0 Å². The lowest BCUT2D eigenvalue weighted by Gasteiger charge is -1.93. The van der Waals surface area contributed by atoms with Crippen molar-refractivity contribution in [1.82, 2.24) is 0 Å². The molecule has 0 saturated carbocycles. The minimum Gasteiger partial charge on any atom is -0.468 e. The van der Waals surface area contributed by atoms with E-state index >= 15 is 0 Å². The first-order valence-electron chi connectivity index (χ1n) is 3.51. The Hall–Kier alpha value is -1.02. The van der Waals surface area contributed by atoms with Gasteiger partial charge in [-0.1, -0.05) is 11.6 Å². The monoisotopic (exact) mass is 184 g/mol. The van der Waals surface area contributed by atoms with Gasteiger partial charge in [0.15, 0.2) is 0 Å². The average molecular weight is 185 g/mol. The Bertz CT molecular complexity index is 433. The van der Waals surface area contributed by atoms with E-state index in [2.05, 4.69) is 0 Å². The molecular weight excluding hydrogens is 179 g/mol. The lowest BCUT2D eigenvalue weighted by Crippen LogP contribution is -1.75. The molecule has 0 bridgehead atoms. The van der Waals surface area contributed by atoms with Crippen molar-refractivity contribution < 1.29 is 8.81 Å². The fraction of sp³-hybridized carbons (Fsp3) is 0.111. The van der Waals surface area contributed by atoms with Gasteiger partial charge in [-0.25, -0.2) is 4.39 Å². The number of aryl methyl sites for hydroxylation is 1. The Kier molecular flexibility index (Phi) is 1.58. The molecule has 0 amide bonds. The van der Waals surface area contributed by atoms with Crippen molar-refractivity contribution in [1.29, 1.82) is 0 Å². The molecular formula is C9H6ClFO. The molecule has 0 aliphatic rings. The van der Waals surface area contributed by atoms with Crippen LogP contribution in [0.4, 0.5) is 4.39 Å². The van der Waals surface area contributed by atoms with E-state index in [1.807, 2.05) is 0 Å². The van der Waals surface area contributed by atoms with Gasteiger partial charge < -0.3 is 4.42 Å². The molecule has 12 heavy (non-hydrogen) atoms. The second-order valence-electron chi connectivity index (χ2n) is 2.64. The molecule has 0 aliphatic carbocycles. The summed E-state index contributed by atoms with van der Waals surface area (Å²) in [5, 5.41) is 1.89. The summed E-state index contributed by atoms with van der Waals surface area (Å²) < 4.78 is 17.9. The molecule has 0 radical (unpaired) electrons. The third-order valence-corrected chi connectivity index (χ3v) is 2.14. The van der Waals surface area contributed by atoms with Crippen molar-refractivity contribution in [2.24, 2.45) is 0 Å². The van der Waals surface area contributed by atoms with Crippen LogP contribution >= 0.6 is 11.6 Å². The number of fused-ring (bicyclic) bond motifs is 1. The Labute approximate surface area is 73.7 Å². The molecule has 0 N–H and O–H groups in total. The normalized spacial score (nSPS) is 10.9. The number of halogens is 2. The van der Waals surface area contributed by atoms with Gasteiger partial charge in [0.05, 0.1) is 11.3 Å². The molecule has 0 atom stereocenters. The van der Waals surface area contributed by atoms with Crippen LogP contribution in [0.1, 0.15) is 5.76 Å². The molecule has 0 spiro atoms. The zero-order valence-electron chi connectivity index (χ0n) is 6.40. The van der Waals surface area contributed by atoms with Gasteiger partial charge in [-0.3, -0.25) is 0 Å². The molecule has 1 nitrogen and oxygen atoms in total. The Morgan fingerprint density at radius 2 is 2.08 bits per heavy atom. The quantitative estimate of drug-likeness (QED) is 0.611. The third kappa shape index (κ3) is 0.994. The number of furan rings is 1. The van der Waals surface area contributed by atoms with E-state index in [9.17, 15) is 4.39 Å². The molecule has 0 aliphatic heterocycles. The van der Waals surface area contributed by atoms with Crippen molar-refractivity contribution in [3.05, 3.63) is 35.0 Å². The summed E-state index contributed by atoms with van der Waals surface area (Å²) in [5.74, 6) is 0.350. The molecule has 0 unspecified atom stereocenters. The molecule has 1 aromatic heterocycles. The SMILES string of the molecule is Cc1occ2c(Cl)cc(F)cc12. The van der Waals surface area contributed by atoms with Gasteiger partial charge in [0.25, 0.3) is 0 Å². The Morgan fingerprint density at radius 1 is 1.33 bits per heavy atom. The first-order chi connectivity index (χ1) is 5.68. The smallest absolute Gasteiger partial charge is 0.125 e. The summed E-state index contributed by atoms with van der Waals surface area (Å²) in [5.41, 5.74) is 0. The Balaban J connectivity index is 2.92. The number of rotatable bonds is 0. The van der Waals surface area contributed by atoms with Crippen molar-refractivity contribution in [3.8, 4) is 0 Å². The van der Waals surface area contributed by atoms with Crippen LogP contribution in [0, 0.1) is 12.7 Å². The summed E-state index contributed by atoms with van der Waals surface area (Å²) >= 11 is 5.78. The highest BCUT2D eigenvalue weighted by Crippen LogP contribution is 2.28. The lowest BCUT2D eigenvalue weighted by atomic mass is 10.2. The van der Waals surface area contributed by atoms with Crippen molar-refractivity contribution in [2.45, 2.75) is 6.92 Å². The van der Waals surface area contributed by atoms with Gasteiger partial charge in [-0.2, -0.15) is 0 Å². The maximum absolute atomic E-state index is 12.8. The van der Waals surface area contributed by atoms with Crippen LogP contribution in [-0.4, -0.2) is 0 Å². The number of hydrogen-bond donors (Lipinski definition) is 0. The van der Waals surface area contributed by atoms with Gasteiger partial charge in [0, 0.05) is 10.8 Å². The lowest BCUT2D eigenvalue weighted by molar-refractivity contribution is 0.539. The van der Waals surface area contributed by atoms with Gasteiger partial charge in [-0.15, -0.1) is 0 Å². The van der Waals surface area contributed by atoms with Gasteiger partial charge in [-0.05, 0) is 19.1 Å². The molecule has 1 aromatic carbocycles. The van der Waals surface area contributed by atoms with E-state index in [-0.39, 0.29) is 5.82 Å². The van der Waals surface area contributed by atoms with Crippen LogP contribution in [0.2, 0.25) is 5.02 Å². The summed E-state index contributed by atoms with van der Waals surface area (Å²) in [6.07, 6.45) is 1.53. The van der Waals surface area contributed by atoms with Crippen LogP contribution in [-0.2, 0) is 0 Å². The van der Waals surface area contributed by atoms with E-state index in [1.54, 1.807) is 6.92 Å². The van der Waals surface area contributed by atoms with Gasteiger partial charge >= 0.3 is 0 Å². The van der Waals surface area contributed by atoms with Crippen molar-refractivity contribution in [2.75, 3.05) is 0 Å². The largest absolute Gasteiger partial charge is 0.468 e. The first kappa shape index (κ1) is 7.62. The zero-order valence-corrected chi connectivity index (χ0v) is 7.15. The highest BCUT2D eigenvalue weighted by Gasteiger charge is 2.06. The maximum Gasteiger partial charge on any atom is 0.125 e. The molecule has 0 fully saturated rings. The summed E-state index contributed by atoms with van der Waals surface area (Å²) in [4.78, 5) is 0. The predicted molar refractivity (Wildman–Crippen MR) is 45.9 cm³/mol. The van der Waals surface area contributed by atoms with Crippen molar-refractivity contribution >= 4 is 22.4 Å². The molecule has 0 saturated heterocycles. The maximum atomic E-state index is 12.8. The fourth-order valence-electron chi connectivity index (χ4n) is 1.21. The highest BCUT2D eigenvalue weighted by molar-refractivity contribution is 6.35. The topological polar surface area (TPSA) is 13.1 Å². The molecule has 3 heteroatoms. The second kappa shape index (κ2) is 2.49. The van der Waals surface area contributed by atoms with Crippen LogP contribution in [0.3, 0.4) is 0 Å². The van der Waals surface area contributed by atoms with E-state index in [4.69, 9.17) is 16.0 Å². The van der Waals surface area contributed by atoms with Gasteiger partial charge in [0.1, 0.15) is 11.6 Å². The van der Waals surface area contributed by atoms with Gasteiger partial charge in [0.2, 0.25) is 0 Å². The van der Waals surface area contributed by atoms with Crippen LogP contribution in [0.5, 0.6) is 0 Å². The first-order valence-corrected chi connectivity index (χ1v) is 3.89. The summed E-state index contributed by atoms with van der Waals surface area (Å²) in [7, 11) is 0. The van der Waals surface area contributed by atoms with Crippen LogP contribution in [0.25, 0.3) is 10.8 Å². The van der Waals surface area contributed by atoms with E-state index in [0.717, 1.165) is 10.8 Å².